The standard InChI is InChI=1S/C4H4.In.H2O/c1-3-4-2;;/h1-4H;;1H2. The maximum atomic E-state index is 2.32. The summed E-state index contributed by atoms with van der Waals surface area (Å²) in [5.41, 5.74) is 0. The first-order valence-electron chi connectivity index (χ1n) is 1.67. The summed E-state index contributed by atoms with van der Waals surface area (Å²) in [5.74, 6) is 0. The molecular formula is C4H6InO. The summed E-state index contributed by atoms with van der Waals surface area (Å²) in [4.78, 5) is 0. The van der Waals surface area contributed by atoms with Gasteiger partial charge in [0.1, 0.15) is 0 Å². The Morgan fingerprint density at radius 1 is 1.00 bits per heavy atom. The summed E-state index contributed by atoms with van der Waals surface area (Å²) in [5, 5.41) is 0. The zero-order valence-electron chi connectivity index (χ0n) is 3.39. The van der Waals surface area contributed by atoms with Crippen LogP contribution in [0.25, 0.3) is 0 Å². The molecule has 0 aromatic rings. The van der Waals surface area contributed by atoms with E-state index in [1.807, 2.05) is 0 Å². The van der Waals surface area contributed by atoms with Gasteiger partial charge in [-0.1, -0.05) is 0 Å². The first-order valence-corrected chi connectivity index (χ1v) is 5.47. The van der Waals surface area contributed by atoms with Gasteiger partial charge in [-0.05, 0) is 0 Å². The van der Waals surface area contributed by atoms with E-state index in [1.54, 1.807) is 0 Å². The molecule has 1 aliphatic heterocycles. The van der Waals surface area contributed by atoms with Crippen LogP contribution < -0.4 is 0 Å². The third-order valence-corrected chi connectivity index (χ3v) is 3.09. The Balaban J connectivity index is 0.000000250. The summed E-state index contributed by atoms with van der Waals surface area (Å²) in [7, 11) is 0. The fourth-order valence-electron chi connectivity index (χ4n) is 0.321. The monoisotopic (exact) mass is 185 g/mol. The number of hydrogen-bond donors (Lipinski definition) is 0. The van der Waals surface area contributed by atoms with Crippen molar-refractivity contribution in [3.8, 4) is 0 Å². The average molecular weight is 185 g/mol. The molecule has 0 spiro atoms. The molecule has 0 saturated carbocycles. The minimum absolute atomic E-state index is 0. The smallest absolute Gasteiger partial charge is 0.412 e. The van der Waals surface area contributed by atoms with Gasteiger partial charge in [0, 0.05) is 0 Å². The molecule has 1 aliphatic rings. The van der Waals surface area contributed by atoms with E-state index >= 15 is 0 Å². The van der Waals surface area contributed by atoms with E-state index in [0.29, 0.717) is 0 Å². The van der Waals surface area contributed by atoms with Gasteiger partial charge in [-0.25, -0.2) is 0 Å². The van der Waals surface area contributed by atoms with Crippen molar-refractivity contribution >= 4 is 22.9 Å². The Morgan fingerprint density at radius 2 is 1.50 bits per heavy atom. The first kappa shape index (κ1) is 6.31. The second-order valence-corrected chi connectivity index (χ2v) is 4.26. The Labute approximate surface area is 48.4 Å². The molecular weight excluding hydrogens is 179 g/mol. The van der Waals surface area contributed by atoms with Gasteiger partial charge in [-0.3, -0.25) is 0 Å². The molecule has 6 heavy (non-hydrogen) atoms. The molecule has 0 saturated heterocycles. The van der Waals surface area contributed by atoms with Gasteiger partial charge in [0.15, 0.2) is 0 Å². The first-order chi connectivity index (χ1) is 2.50. The van der Waals surface area contributed by atoms with Crippen molar-refractivity contribution in [1.82, 2.24) is 0 Å². The molecule has 0 atom stereocenters. The minimum Gasteiger partial charge on any atom is -0.412 e. The Morgan fingerprint density at radius 3 is 1.67 bits per heavy atom. The van der Waals surface area contributed by atoms with E-state index in [9.17, 15) is 0 Å². The maximum Gasteiger partial charge on any atom is -0.412 e. The zero-order valence-corrected chi connectivity index (χ0v) is 6.68. The van der Waals surface area contributed by atoms with E-state index in [1.165, 1.54) is 0 Å². The van der Waals surface area contributed by atoms with Crippen molar-refractivity contribution in [2.45, 2.75) is 0 Å². The normalized spacial score (nSPS) is 13.3. The van der Waals surface area contributed by atoms with Gasteiger partial charge in [0.05, 0.1) is 0 Å². The number of allylic oxidation sites excluding steroid dienone is 2. The Bertz CT molecular complexity index is 65.6. The van der Waals surface area contributed by atoms with Crippen molar-refractivity contribution < 1.29 is 5.48 Å². The van der Waals surface area contributed by atoms with Crippen LogP contribution in [0.15, 0.2) is 19.8 Å². The second-order valence-electron chi connectivity index (χ2n) is 0.962. The van der Waals surface area contributed by atoms with Crippen LogP contribution in [0.5, 0.6) is 0 Å². The van der Waals surface area contributed by atoms with Crippen LogP contribution in [-0.4, -0.2) is 28.4 Å². The van der Waals surface area contributed by atoms with Crippen LogP contribution in [0, 0.1) is 0 Å². The summed E-state index contributed by atoms with van der Waals surface area (Å²) in [6.07, 6.45) is 4.28. The predicted octanol–water partition coefficient (Wildman–Crippen LogP) is -0.0931. The van der Waals surface area contributed by atoms with E-state index in [-0.39, 0.29) is 28.4 Å². The van der Waals surface area contributed by atoms with Crippen LogP contribution >= 0.6 is 0 Å². The molecule has 0 aromatic heterocycles. The van der Waals surface area contributed by atoms with Crippen molar-refractivity contribution in [3.05, 3.63) is 19.8 Å². The fourth-order valence-corrected chi connectivity index (χ4v) is 2.15. The van der Waals surface area contributed by atoms with Crippen LogP contribution in [0.1, 0.15) is 0 Å². The SMILES string of the molecule is C1=[CH][In][CH]=C1.O. The van der Waals surface area contributed by atoms with E-state index in [0.717, 1.165) is 0 Å². The second kappa shape index (κ2) is 3.50. The Hall–Kier alpha value is 0.310. The number of rotatable bonds is 0. The molecule has 2 heteroatoms. The van der Waals surface area contributed by atoms with Crippen LogP contribution in [-0.2, 0) is 0 Å². The van der Waals surface area contributed by atoms with Gasteiger partial charge in [0.25, 0.3) is 0 Å². The van der Waals surface area contributed by atoms with E-state index in [2.05, 4.69) is 19.8 Å². The van der Waals surface area contributed by atoms with Gasteiger partial charge in [0.2, 0.25) is 0 Å². The molecule has 1 nitrogen and oxygen atoms in total. The summed E-state index contributed by atoms with van der Waals surface area (Å²) in [6, 6.07) is 0. The maximum absolute atomic E-state index is 2.32. The van der Waals surface area contributed by atoms with E-state index < -0.39 is 0 Å². The van der Waals surface area contributed by atoms with Crippen LogP contribution in [0.2, 0.25) is 0 Å². The molecule has 0 amide bonds. The van der Waals surface area contributed by atoms with Gasteiger partial charge >= 0.3 is 42.7 Å². The molecule has 0 aliphatic carbocycles. The van der Waals surface area contributed by atoms with Crippen molar-refractivity contribution in [2.24, 2.45) is 0 Å². The molecule has 1 rings (SSSR count). The molecule has 31 valence electrons. The van der Waals surface area contributed by atoms with Crippen molar-refractivity contribution in [2.75, 3.05) is 0 Å². The molecule has 0 unspecified atom stereocenters. The summed E-state index contributed by atoms with van der Waals surface area (Å²) >= 11 is -0.170. The summed E-state index contributed by atoms with van der Waals surface area (Å²) in [6.45, 7) is 0. The largest absolute Gasteiger partial charge is 0.412 e. The molecule has 0 fully saturated rings. The van der Waals surface area contributed by atoms with Crippen molar-refractivity contribution in [3.63, 3.8) is 0 Å². The summed E-state index contributed by atoms with van der Waals surface area (Å²) < 4.78 is 4.63. The van der Waals surface area contributed by atoms with Crippen molar-refractivity contribution in [1.29, 1.82) is 0 Å². The minimum atomic E-state index is -0.170. The molecule has 2 N–H and O–H groups in total. The zero-order chi connectivity index (χ0) is 3.54. The van der Waals surface area contributed by atoms with Crippen LogP contribution in [0.4, 0.5) is 0 Å². The van der Waals surface area contributed by atoms with Gasteiger partial charge in [-0.2, -0.15) is 0 Å². The molecule has 0 bridgehead atoms. The average Bonchev–Trinajstić information content (AvgIpc) is 1.76. The molecule has 1 radical (unpaired) electrons. The fraction of sp³-hybridized carbons (Fsp3) is 0. The third kappa shape index (κ3) is 1.67. The Kier molecular flexibility index (Phi) is 3.68. The quantitative estimate of drug-likeness (QED) is 0.504. The van der Waals surface area contributed by atoms with E-state index in [4.69, 9.17) is 0 Å². The number of hydrogen-bond acceptors (Lipinski definition) is 0. The van der Waals surface area contributed by atoms with Gasteiger partial charge < -0.3 is 5.48 Å². The predicted molar refractivity (Wildman–Crippen MR) is 27.6 cm³/mol. The molecule has 0 aromatic carbocycles. The molecule has 1 heterocycles. The van der Waals surface area contributed by atoms with Crippen LogP contribution in [0.3, 0.4) is 0 Å². The van der Waals surface area contributed by atoms with Gasteiger partial charge in [-0.15, -0.1) is 0 Å². The third-order valence-electron chi connectivity index (χ3n) is 0.556. The topological polar surface area (TPSA) is 31.5 Å².